The number of rotatable bonds is 6. The zero-order valence-corrected chi connectivity index (χ0v) is 11.1. The van der Waals surface area contributed by atoms with Gasteiger partial charge in [-0.2, -0.15) is 4.98 Å². The number of piperidine rings is 1. The molecule has 18 heavy (non-hydrogen) atoms. The van der Waals surface area contributed by atoms with Gasteiger partial charge in [-0.15, -0.1) is 5.10 Å². The van der Waals surface area contributed by atoms with Gasteiger partial charge in [0.2, 0.25) is 5.95 Å². The van der Waals surface area contributed by atoms with Gasteiger partial charge in [0.25, 0.3) is 0 Å². The molecule has 0 radical (unpaired) electrons. The molecule has 1 atom stereocenters. The van der Waals surface area contributed by atoms with E-state index in [9.17, 15) is 0 Å². The zero-order valence-electron chi connectivity index (χ0n) is 11.1. The summed E-state index contributed by atoms with van der Waals surface area (Å²) in [6, 6.07) is 0.244. The Morgan fingerprint density at radius 1 is 1.50 bits per heavy atom. The van der Waals surface area contributed by atoms with Crippen LogP contribution in [0.5, 0.6) is 0 Å². The quantitative estimate of drug-likeness (QED) is 0.730. The molecule has 0 aliphatic carbocycles. The van der Waals surface area contributed by atoms with E-state index in [0.29, 0.717) is 6.61 Å². The third-order valence-corrected chi connectivity index (χ3v) is 3.09. The number of ether oxygens (including phenoxy) is 1. The monoisotopic (exact) mass is 253 g/mol. The number of nitrogens with two attached hydrogens (primary N) is 1. The van der Waals surface area contributed by atoms with Crippen LogP contribution in [0.15, 0.2) is 0 Å². The molecule has 3 N–H and O–H groups in total. The topological polar surface area (TPSA) is 80.1 Å². The van der Waals surface area contributed by atoms with Gasteiger partial charge < -0.3 is 15.4 Å². The van der Waals surface area contributed by atoms with Gasteiger partial charge in [-0.25, -0.2) is 0 Å². The summed E-state index contributed by atoms with van der Waals surface area (Å²) in [6.45, 7) is 5.46. The minimum Gasteiger partial charge on any atom is -0.381 e. The van der Waals surface area contributed by atoms with Gasteiger partial charge in [0.05, 0.1) is 6.61 Å². The highest BCUT2D eigenvalue weighted by atomic mass is 16.5. The Bertz CT molecular complexity index is 354. The molecule has 0 aromatic carbocycles. The summed E-state index contributed by atoms with van der Waals surface area (Å²) in [5.41, 5.74) is 5.96. The van der Waals surface area contributed by atoms with Gasteiger partial charge in [0, 0.05) is 32.2 Å². The van der Waals surface area contributed by atoms with Crippen LogP contribution < -0.4 is 10.6 Å². The number of nitrogens with one attached hydrogen (secondary N) is 1. The summed E-state index contributed by atoms with van der Waals surface area (Å²) >= 11 is 0. The lowest BCUT2D eigenvalue weighted by atomic mass is 10.1. The molecule has 0 spiro atoms. The lowest BCUT2D eigenvalue weighted by Gasteiger charge is -2.29. The molecule has 1 aliphatic rings. The Labute approximate surface area is 108 Å². The van der Waals surface area contributed by atoms with Crippen molar-refractivity contribution in [1.29, 1.82) is 0 Å². The average molecular weight is 253 g/mol. The van der Waals surface area contributed by atoms with Crippen LogP contribution in [0.2, 0.25) is 0 Å². The summed E-state index contributed by atoms with van der Waals surface area (Å²) in [5, 5.41) is 7.22. The van der Waals surface area contributed by atoms with E-state index < -0.39 is 0 Å². The lowest BCUT2D eigenvalue weighted by molar-refractivity contribution is 0.136. The molecule has 102 valence electrons. The highest BCUT2D eigenvalue weighted by Crippen LogP contribution is 2.14. The molecule has 1 aromatic heterocycles. The van der Waals surface area contributed by atoms with E-state index in [-0.39, 0.29) is 6.04 Å². The molecule has 1 aliphatic heterocycles. The molecule has 1 saturated heterocycles. The fraction of sp³-hybridized carbons (Fsp3) is 0.833. The van der Waals surface area contributed by atoms with Crippen molar-refractivity contribution >= 4 is 5.95 Å². The molecular formula is C12H23N5O. The first-order chi connectivity index (χ1) is 8.79. The number of hydrogen-bond acceptors (Lipinski definition) is 5. The van der Waals surface area contributed by atoms with Crippen LogP contribution in [0.1, 0.15) is 32.0 Å². The Morgan fingerprint density at radius 3 is 3.17 bits per heavy atom. The van der Waals surface area contributed by atoms with E-state index in [0.717, 1.165) is 57.2 Å². The predicted molar refractivity (Wildman–Crippen MR) is 70.6 cm³/mol. The summed E-state index contributed by atoms with van der Waals surface area (Å²) in [5.74, 6) is 1.66. The third kappa shape index (κ3) is 3.68. The predicted octanol–water partition coefficient (Wildman–Crippen LogP) is 0.701. The minimum absolute atomic E-state index is 0.244. The molecule has 0 amide bonds. The van der Waals surface area contributed by atoms with E-state index in [1.54, 1.807) is 0 Å². The van der Waals surface area contributed by atoms with E-state index in [1.165, 1.54) is 0 Å². The van der Waals surface area contributed by atoms with Crippen molar-refractivity contribution in [2.45, 2.75) is 38.6 Å². The lowest BCUT2D eigenvalue weighted by Crippen LogP contribution is -2.43. The largest absolute Gasteiger partial charge is 0.381 e. The van der Waals surface area contributed by atoms with Crippen LogP contribution in [-0.4, -0.2) is 47.5 Å². The van der Waals surface area contributed by atoms with Crippen LogP contribution in [0.4, 0.5) is 5.95 Å². The number of aromatic nitrogens is 3. The Hall–Kier alpha value is -1.14. The van der Waals surface area contributed by atoms with E-state index in [1.807, 2.05) is 0 Å². The van der Waals surface area contributed by atoms with E-state index >= 15 is 0 Å². The summed E-state index contributed by atoms with van der Waals surface area (Å²) < 4.78 is 5.44. The average Bonchev–Trinajstić information content (AvgIpc) is 2.83. The van der Waals surface area contributed by atoms with Crippen LogP contribution >= 0.6 is 0 Å². The van der Waals surface area contributed by atoms with Crippen molar-refractivity contribution in [3.63, 3.8) is 0 Å². The van der Waals surface area contributed by atoms with Crippen molar-refractivity contribution < 1.29 is 4.74 Å². The molecule has 2 rings (SSSR count). The molecular weight excluding hydrogens is 230 g/mol. The Morgan fingerprint density at radius 2 is 2.39 bits per heavy atom. The van der Waals surface area contributed by atoms with Crippen molar-refractivity contribution in [2.75, 3.05) is 31.2 Å². The van der Waals surface area contributed by atoms with Crippen molar-refractivity contribution in [3.05, 3.63) is 5.82 Å². The Kier molecular flexibility index (Phi) is 4.95. The standard InChI is InChI=1S/C12H23N5O/c1-2-7-18-8-5-11-14-12(16-15-11)17-6-3-4-10(13)9-17/h10H,2-9,13H2,1H3,(H,14,15,16). The third-order valence-electron chi connectivity index (χ3n) is 3.09. The van der Waals surface area contributed by atoms with Gasteiger partial charge in [-0.3, -0.25) is 5.10 Å². The number of aromatic amines is 1. The zero-order chi connectivity index (χ0) is 12.8. The number of hydrogen-bond donors (Lipinski definition) is 2. The number of H-pyrrole nitrogens is 1. The normalized spacial score (nSPS) is 20.3. The molecule has 2 heterocycles. The second-order valence-corrected chi connectivity index (χ2v) is 4.79. The highest BCUT2D eigenvalue weighted by molar-refractivity contribution is 5.29. The second kappa shape index (κ2) is 6.70. The molecule has 6 heteroatoms. The van der Waals surface area contributed by atoms with E-state index in [4.69, 9.17) is 10.5 Å². The number of nitrogens with zero attached hydrogens (tertiary/aromatic N) is 3. The maximum atomic E-state index is 5.96. The molecule has 1 fully saturated rings. The van der Waals surface area contributed by atoms with Gasteiger partial charge >= 0.3 is 0 Å². The molecule has 6 nitrogen and oxygen atoms in total. The summed E-state index contributed by atoms with van der Waals surface area (Å²) in [4.78, 5) is 6.64. The minimum atomic E-state index is 0.244. The highest BCUT2D eigenvalue weighted by Gasteiger charge is 2.19. The second-order valence-electron chi connectivity index (χ2n) is 4.79. The summed E-state index contributed by atoms with van der Waals surface area (Å²) in [6.07, 6.45) is 4.05. The van der Waals surface area contributed by atoms with Crippen LogP contribution in [-0.2, 0) is 11.2 Å². The SMILES string of the molecule is CCCOCCc1nc(N2CCCC(N)C2)n[nH]1. The number of anilines is 1. The molecule has 1 unspecified atom stereocenters. The molecule has 1 aromatic rings. The van der Waals surface area contributed by atoms with Crippen LogP contribution in [0.25, 0.3) is 0 Å². The first-order valence-electron chi connectivity index (χ1n) is 6.79. The Balaban J connectivity index is 1.81. The first-order valence-corrected chi connectivity index (χ1v) is 6.79. The van der Waals surface area contributed by atoms with Crippen LogP contribution in [0.3, 0.4) is 0 Å². The molecule has 0 bridgehead atoms. The van der Waals surface area contributed by atoms with E-state index in [2.05, 4.69) is 27.0 Å². The van der Waals surface area contributed by atoms with Gasteiger partial charge in [-0.1, -0.05) is 6.92 Å². The molecule has 0 saturated carbocycles. The first kappa shape index (κ1) is 13.3. The fourth-order valence-electron chi connectivity index (χ4n) is 2.15. The maximum Gasteiger partial charge on any atom is 0.244 e. The smallest absolute Gasteiger partial charge is 0.244 e. The fourth-order valence-corrected chi connectivity index (χ4v) is 2.15. The van der Waals surface area contributed by atoms with Gasteiger partial charge in [0.1, 0.15) is 5.82 Å². The van der Waals surface area contributed by atoms with Crippen LogP contribution in [0, 0.1) is 0 Å². The van der Waals surface area contributed by atoms with Crippen molar-refractivity contribution in [3.8, 4) is 0 Å². The van der Waals surface area contributed by atoms with Gasteiger partial charge in [0.15, 0.2) is 0 Å². The summed E-state index contributed by atoms with van der Waals surface area (Å²) in [7, 11) is 0. The van der Waals surface area contributed by atoms with Crippen molar-refractivity contribution in [1.82, 2.24) is 15.2 Å². The maximum absolute atomic E-state index is 5.96. The van der Waals surface area contributed by atoms with Crippen molar-refractivity contribution in [2.24, 2.45) is 5.73 Å². The van der Waals surface area contributed by atoms with Gasteiger partial charge in [-0.05, 0) is 19.3 Å².